The minimum atomic E-state index is -0.268. The Balaban J connectivity index is 3.03. The summed E-state index contributed by atoms with van der Waals surface area (Å²) in [6.45, 7) is 14.2. The van der Waals surface area contributed by atoms with E-state index < -0.39 is 0 Å². The molecule has 0 spiro atoms. The van der Waals surface area contributed by atoms with Gasteiger partial charge in [-0.1, -0.05) is 34.6 Å². The van der Waals surface area contributed by atoms with Crippen LogP contribution in [-0.2, 0) is 6.54 Å². The lowest BCUT2D eigenvalue weighted by Gasteiger charge is -2.29. The molecular formula is C16H28FN3. The third-order valence-electron chi connectivity index (χ3n) is 2.95. The second-order valence-electron chi connectivity index (χ2n) is 6.11. The van der Waals surface area contributed by atoms with Crippen molar-refractivity contribution >= 4 is 5.82 Å². The highest BCUT2D eigenvalue weighted by atomic mass is 19.1. The standard InChI is InChI=1S/C16H28FN3/c1-6-18-8-14-7-15(17)9-19-16(14)20(10-12(2)3)11-13(4)5/h7,9,12-13,18H,6,8,10-11H2,1-5H3. The molecule has 0 aliphatic heterocycles. The van der Waals surface area contributed by atoms with E-state index in [2.05, 4.69) is 42.9 Å². The van der Waals surface area contributed by atoms with Gasteiger partial charge in [-0.15, -0.1) is 0 Å². The molecule has 1 N–H and O–H groups in total. The van der Waals surface area contributed by atoms with Crippen LogP contribution in [-0.4, -0.2) is 24.6 Å². The van der Waals surface area contributed by atoms with E-state index in [0.717, 1.165) is 31.0 Å². The van der Waals surface area contributed by atoms with Crippen LogP contribution in [0, 0.1) is 17.7 Å². The highest BCUT2D eigenvalue weighted by Gasteiger charge is 2.16. The van der Waals surface area contributed by atoms with Crippen LogP contribution in [0.4, 0.5) is 10.2 Å². The van der Waals surface area contributed by atoms with Gasteiger partial charge in [0.2, 0.25) is 0 Å². The van der Waals surface area contributed by atoms with E-state index in [4.69, 9.17) is 0 Å². The fourth-order valence-electron chi connectivity index (χ4n) is 2.28. The lowest BCUT2D eigenvalue weighted by Crippen LogP contribution is -2.33. The van der Waals surface area contributed by atoms with Crippen molar-refractivity contribution in [2.24, 2.45) is 11.8 Å². The second-order valence-corrected chi connectivity index (χ2v) is 6.11. The van der Waals surface area contributed by atoms with Gasteiger partial charge in [0, 0.05) is 25.2 Å². The second kappa shape index (κ2) is 8.20. The normalized spacial score (nSPS) is 11.4. The molecule has 4 heteroatoms. The SMILES string of the molecule is CCNCc1cc(F)cnc1N(CC(C)C)CC(C)C. The largest absolute Gasteiger partial charge is 0.356 e. The van der Waals surface area contributed by atoms with Gasteiger partial charge in [0.25, 0.3) is 0 Å². The van der Waals surface area contributed by atoms with Gasteiger partial charge in [0.05, 0.1) is 6.20 Å². The Morgan fingerprint density at radius 1 is 1.20 bits per heavy atom. The van der Waals surface area contributed by atoms with Gasteiger partial charge in [0.1, 0.15) is 11.6 Å². The molecule has 0 amide bonds. The summed E-state index contributed by atoms with van der Waals surface area (Å²) in [6.07, 6.45) is 1.32. The number of hydrogen-bond acceptors (Lipinski definition) is 3. The van der Waals surface area contributed by atoms with Crippen LogP contribution in [0.2, 0.25) is 0 Å². The molecule has 20 heavy (non-hydrogen) atoms. The molecule has 0 radical (unpaired) electrons. The smallest absolute Gasteiger partial charge is 0.141 e. The number of rotatable bonds is 8. The molecule has 0 bridgehead atoms. The number of anilines is 1. The Kier molecular flexibility index (Phi) is 6.93. The van der Waals surface area contributed by atoms with Crippen molar-refractivity contribution in [2.75, 3.05) is 24.5 Å². The van der Waals surface area contributed by atoms with Gasteiger partial charge in [-0.2, -0.15) is 0 Å². The van der Waals surface area contributed by atoms with E-state index in [0.29, 0.717) is 18.4 Å². The Morgan fingerprint density at radius 2 is 1.80 bits per heavy atom. The van der Waals surface area contributed by atoms with Gasteiger partial charge in [-0.25, -0.2) is 9.37 Å². The Morgan fingerprint density at radius 3 is 2.30 bits per heavy atom. The number of nitrogens with one attached hydrogen (secondary N) is 1. The van der Waals surface area contributed by atoms with Crippen molar-refractivity contribution < 1.29 is 4.39 Å². The first-order valence-electron chi connectivity index (χ1n) is 7.54. The van der Waals surface area contributed by atoms with E-state index >= 15 is 0 Å². The summed E-state index contributed by atoms with van der Waals surface area (Å²) in [5, 5.41) is 3.26. The predicted octanol–water partition coefficient (Wildman–Crippen LogP) is 3.45. The molecule has 0 fully saturated rings. The molecule has 1 heterocycles. The number of nitrogens with zero attached hydrogens (tertiary/aromatic N) is 2. The van der Waals surface area contributed by atoms with E-state index in [1.165, 1.54) is 6.20 Å². The van der Waals surface area contributed by atoms with Crippen LogP contribution in [0.1, 0.15) is 40.2 Å². The predicted molar refractivity (Wildman–Crippen MR) is 83.5 cm³/mol. The zero-order chi connectivity index (χ0) is 15.1. The molecule has 0 saturated heterocycles. The van der Waals surface area contributed by atoms with Crippen molar-refractivity contribution in [3.8, 4) is 0 Å². The fraction of sp³-hybridized carbons (Fsp3) is 0.688. The molecule has 3 nitrogen and oxygen atoms in total. The van der Waals surface area contributed by atoms with Crippen LogP contribution in [0.5, 0.6) is 0 Å². The molecule has 1 aromatic heterocycles. The van der Waals surface area contributed by atoms with Crippen LogP contribution in [0.25, 0.3) is 0 Å². The quantitative estimate of drug-likeness (QED) is 0.791. The molecule has 0 atom stereocenters. The molecule has 1 aromatic rings. The minimum absolute atomic E-state index is 0.268. The molecule has 0 unspecified atom stereocenters. The molecule has 0 saturated carbocycles. The molecule has 0 aliphatic carbocycles. The Labute approximate surface area is 122 Å². The summed E-state index contributed by atoms with van der Waals surface area (Å²) >= 11 is 0. The van der Waals surface area contributed by atoms with Crippen LogP contribution >= 0.6 is 0 Å². The highest BCUT2D eigenvalue weighted by molar-refractivity contribution is 5.47. The van der Waals surface area contributed by atoms with Crippen molar-refractivity contribution in [1.82, 2.24) is 10.3 Å². The monoisotopic (exact) mass is 281 g/mol. The van der Waals surface area contributed by atoms with Crippen LogP contribution < -0.4 is 10.2 Å². The third kappa shape index (κ3) is 5.45. The first kappa shape index (κ1) is 16.9. The summed E-state index contributed by atoms with van der Waals surface area (Å²) in [6, 6.07) is 1.60. The molecule has 0 aromatic carbocycles. The maximum atomic E-state index is 13.5. The zero-order valence-corrected chi connectivity index (χ0v) is 13.4. The lowest BCUT2D eigenvalue weighted by molar-refractivity contribution is 0.543. The average molecular weight is 281 g/mol. The van der Waals surface area contributed by atoms with E-state index in [1.807, 2.05) is 6.92 Å². The van der Waals surface area contributed by atoms with Crippen molar-refractivity contribution in [3.05, 3.63) is 23.6 Å². The van der Waals surface area contributed by atoms with Gasteiger partial charge < -0.3 is 10.2 Å². The summed E-state index contributed by atoms with van der Waals surface area (Å²) in [5.74, 6) is 1.74. The first-order valence-corrected chi connectivity index (χ1v) is 7.54. The van der Waals surface area contributed by atoms with Gasteiger partial charge in [-0.3, -0.25) is 0 Å². The highest BCUT2D eigenvalue weighted by Crippen LogP contribution is 2.21. The van der Waals surface area contributed by atoms with Gasteiger partial charge >= 0.3 is 0 Å². The molecule has 0 aliphatic rings. The summed E-state index contributed by atoms with van der Waals surface area (Å²) in [5.41, 5.74) is 0.938. The summed E-state index contributed by atoms with van der Waals surface area (Å²) in [4.78, 5) is 6.63. The Bertz CT molecular complexity index is 395. The molecule has 114 valence electrons. The first-order chi connectivity index (χ1) is 9.43. The van der Waals surface area contributed by atoms with Crippen molar-refractivity contribution in [1.29, 1.82) is 0 Å². The van der Waals surface area contributed by atoms with Crippen LogP contribution in [0.3, 0.4) is 0 Å². The third-order valence-corrected chi connectivity index (χ3v) is 2.95. The number of hydrogen-bond donors (Lipinski definition) is 1. The van der Waals surface area contributed by atoms with Crippen LogP contribution in [0.15, 0.2) is 12.3 Å². The maximum absolute atomic E-state index is 13.5. The van der Waals surface area contributed by atoms with Gasteiger partial charge in [0.15, 0.2) is 0 Å². The zero-order valence-electron chi connectivity index (χ0n) is 13.4. The van der Waals surface area contributed by atoms with Crippen molar-refractivity contribution in [2.45, 2.75) is 41.2 Å². The number of halogens is 1. The van der Waals surface area contributed by atoms with Crippen molar-refractivity contribution in [3.63, 3.8) is 0 Å². The number of pyridine rings is 1. The minimum Gasteiger partial charge on any atom is -0.356 e. The topological polar surface area (TPSA) is 28.2 Å². The average Bonchev–Trinajstić information content (AvgIpc) is 2.34. The van der Waals surface area contributed by atoms with E-state index in [9.17, 15) is 4.39 Å². The summed E-state index contributed by atoms with van der Waals surface area (Å²) < 4.78 is 13.5. The molecular weight excluding hydrogens is 253 g/mol. The lowest BCUT2D eigenvalue weighted by atomic mass is 10.1. The van der Waals surface area contributed by atoms with E-state index in [1.54, 1.807) is 6.07 Å². The fourth-order valence-corrected chi connectivity index (χ4v) is 2.28. The summed E-state index contributed by atoms with van der Waals surface area (Å²) in [7, 11) is 0. The molecule has 1 rings (SSSR count). The van der Waals surface area contributed by atoms with Gasteiger partial charge in [-0.05, 0) is 24.4 Å². The number of aromatic nitrogens is 1. The Hall–Kier alpha value is -1.16. The maximum Gasteiger partial charge on any atom is 0.141 e. The van der Waals surface area contributed by atoms with E-state index in [-0.39, 0.29) is 5.82 Å².